The van der Waals surface area contributed by atoms with Gasteiger partial charge < -0.3 is 9.73 Å². The normalized spacial score (nSPS) is 10.1. The van der Waals surface area contributed by atoms with Crippen LogP contribution in [-0.2, 0) is 0 Å². The van der Waals surface area contributed by atoms with E-state index in [1.807, 2.05) is 6.92 Å². The van der Waals surface area contributed by atoms with Gasteiger partial charge in [0.2, 0.25) is 0 Å². The van der Waals surface area contributed by atoms with Gasteiger partial charge in [0.25, 0.3) is 5.91 Å². The number of hydrogen-bond acceptors (Lipinski definition) is 2. The third-order valence-electron chi connectivity index (χ3n) is 1.77. The van der Waals surface area contributed by atoms with E-state index in [9.17, 15) is 9.18 Å². The molecule has 0 radical (unpaired) electrons. The highest BCUT2D eigenvalue weighted by Gasteiger charge is 2.11. The highest BCUT2D eigenvalue weighted by atomic mass is 19.1. The average Bonchev–Trinajstić information content (AvgIpc) is 2.43. The molecule has 1 aromatic rings. The molecule has 0 unspecified atom stereocenters. The molecule has 0 aliphatic rings. The van der Waals surface area contributed by atoms with Crippen molar-refractivity contribution < 1.29 is 13.6 Å². The van der Waals surface area contributed by atoms with Gasteiger partial charge >= 0.3 is 0 Å². The zero-order chi connectivity index (χ0) is 9.84. The molecule has 0 aliphatic carbocycles. The van der Waals surface area contributed by atoms with E-state index in [0.29, 0.717) is 5.76 Å². The molecular weight excluding hydrogens is 173 g/mol. The quantitative estimate of drug-likeness (QED) is 0.777. The Morgan fingerprint density at radius 1 is 1.62 bits per heavy atom. The third-order valence-corrected chi connectivity index (χ3v) is 1.77. The van der Waals surface area contributed by atoms with Crippen molar-refractivity contribution in [3.05, 3.63) is 23.2 Å². The van der Waals surface area contributed by atoms with Crippen molar-refractivity contribution in [1.82, 2.24) is 5.32 Å². The largest absolute Gasteiger partial charge is 0.456 e. The molecule has 1 rings (SSSR count). The fraction of sp³-hybridized carbons (Fsp3) is 0.444. The van der Waals surface area contributed by atoms with Crippen LogP contribution < -0.4 is 5.32 Å². The van der Waals surface area contributed by atoms with Crippen LogP contribution in [0.25, 0.3) is 0 Å². The Hall–Kier alpha value is -1.32. The summed E-state index contributed by atoms with van der Waals surface area (Å²) >= 11 is 0. The standard InChI is InChI=1S/C9H12FNO2/c1-6-5-8(13-7(6)2)9(12)11-4-3-10/h5H,3-4H2,1-2H3,(H,11,12). The second-order valence-electron chi connectivity index (χ2n) is 2.79. The Morgan fingerprint density at radius 3 is 2.77 bits per heavy atom. The van der Waals surface area contributed by atoms with Gasteiger partial charge in [-0.25, -0.2) is 4.39 Å². The first kappa shape index (κ1) is 9.77. The number of carbonyl (C=O) groups is 1. The van der Waals surface area contributed by atoms with E-state index in [2.05, 4.69) is 5.32 Å². The van der Waals surface area contributed by atoms with Crippen LogP contribution in [0.5, 0.6) is 0 Å². The summed E-state index contributed by atoms with van der Waals surface area (Å²) in [6.07, 6.45) is 0. The summed E-state index contributed by atoms with van der Waals surface area (Å²) in [5, 5.41) is 2.38. The summed E-state index contributed by atoms with van der Waals surface area (Å²) in [6, 6.07) is 1.64. The van der Waals surface area contributed by atoms with Crippen LogP contribution in [0.2, 0.25) is 0 Å². The molecule has 0 aromatic carbocycles. The minimum absolute atomic E-state index is 0.0254. The van der Waals surface area contributed by atoms with Crippen LogP contribution in [0.4, 0.5) is 4.39 Å². The van der Waals surface area contributed by atoms with E-state index < -0.39 is 6.67 Å². The average molecular weight is 185 g/mol. The molecular formula is C9H12FNO2. The lowest BCUT2D eigenvalue weighted by Gasteiger charge is -1.97. The number of nitrogens with one attached hydrogen (secondary N) is 1. The maximum atomic E-state index is 11.7. The molecule has 3 nitrogen and oxygen atoms in total. The number of hydrogen-bond donors (Lipinski definition) is 1. The molecule has 0 atom stereocenters. The van der Waals surface area contributed by atoms with E-state index in [4.69, 9.17) is 4.42 Å². The van der Waals surface area contributed by atoms with E-state index >= 15 is 0 Å². The van der Waals surface area contributed by atoms with Crippen LogP contribution in [0.15, 0.2) is 10.5 Å². The molecule has 0 spiro atoms. The molecule has 0 fully saturated rings. The Balaban J connectivity index is 2.66. The molecule has 72 valence electrons. The van der Waals surface area contributed by atoms with Crippen molar-refractivity contribution in [3.8, 4) is 0 Å². The van der Waals surface area contributed by atoms with Crippen molar-refractivity contribution in [2.24, 2.45) is 0 Å². The van der Waals surface area contributed by atoms with Gasteiger partial charge in [0, 0.05) is 6.54 Å². The van der Waals surface area contributed by atoms with Crippen molar-refractivity contribution >= 4 is 5.91 Å². The van der Waals surface area contributed by atoms with Crippen LogP contribution in [0.3, 0.4) is 0 Å². The topological polar surface area (TPSA) is 42.2 Å². The number of carbonyl (C=O) groups excluding carboxylic acids is 1. The molecule has 4 heteroatoms. The Bertz CT molecular complexity index is 287. The Labute approximate surface area is 75.9 Å². The second-order valence-corrected chi connectivity index (χ2v) is 2.79. The Kier molecular flexibility index (Phi) is 3.06. The highest BCUT2D eigenvalue weighted by molar-refractivity contribution is 5.91. The number of aryl methyl sites for hydroxylation is 2. The number of amides is 1. The smallest absolute Gasteiger partial charge is 0.287 e. The SMILES string of the molecule is Cc1cc(C(=O)NCCF)oc1C. The number of halogens is 1. The number of furan rings is 1. The summed E-state index contributed by atoms with van der Waals surface area (Å²) in [4.78, 5) is 11.2. The molecule has 1 aromatic heterocycles. The molecule has 0 saturated heterocycles. The van der Waals surface area contributed by atoms with Gasteiger partial charge in [0.05, 0.1) is 0 Å². The molecule has 1 heterocycles. The van der Waals surface area contributed by atoms with Gasteiger partial charge in [0.1, 0.15) is 12.4 Å². The van der Waals surface area contributed by atoms with Gasteiger partial charge in [-0.2, -0.15) is 0 Å². The van der Waals surface area contributed by atoms with E-state index in [-0.39, 0.29) is 18.2 Å². The zero-order valence-electron chi connectivity index (χ0n) is 7.69. The van der Waals surface area contributed by atoms with E-state index in [1.54, 1.807) is 13.0 Å². The maximum absolute atomic E-state index is 11.7. The van der Waals surface area contributed by atoms with Crippen LogP contribution in [0.1, 0.15) is 21.9 Å². The van der Waals surface area contributed by atoms with Gasteiger partial charge in [-0.1, -0.05) is 0 Å². The fourth-order valence-corrected chi connectivity index (χ4v) is 0.933. The maximum Gasteiger partial charge on any atom is 0.287 e. The fourth-order valence-electron chi connectivity index (χ4n) is 0.933. The predicted octanol–water partition coefficient (Wildman–Crippen LogP) is 1.60. The highest BCUT2D eigenvalue weighted by Crippen LogP contribution is 2.12. The predicted molar refractivity (Wildman–Crippen MR) is 46.5 cm³/mol. The molecule has 0 aliphatic heterocycles. The first-order valence-corrected chi connectivity index (χ1v) is 4.06. The molecule has 13 heavy (non-hydrogen) atoms. The second kappa shape index (κ2) is 4.07. The molecule has 1 amide bonds. The Morgan fingerprint density at radius 2 is 2.31 bits per heavy atom. The van der Waals surface area contributed by atoms with Gasteiger partial charge in [-0.15, -0.1) is 0 Å². The van der Waals surface area contributed by atoms with Crippen LogP contribution in [0, 0.1) is 13.8 Å². The first-order chi connectivity index (χ1) is 6.15. The lowest BCUT2D eigenvalue weighted by atomic mass is 10.3. The third kappa shape index (κ3) is 2.31. The lowest BCUT2D eigenvalue weighted by molar-refractivity contribution is 0.0922. The van der Waals surface area contributed by atoms with Crippen molar-refractivity contribution in [2.45, 2.75) is 13.8 Å². The van der Waals surface area contributed by atoms with E-state index in [0.717, 1.165) is 5.56 Å². The summed E-state index contributed by atoms with van der Waals surface area (Å²) in [6.45, 7) is 3.09. The van der Waals surface area contributed by atoms with Crippen LogP contribution in [-0.4, -0.2) is 19.1 Å². The molecule has 0 bridgehead atoms. The van der Waals surface area contributed by atoms with Gasteiger partial charge in [-0.05, 0) is 25.5 Å². The van der Waals surface area contributed by atoms with Crippen molar-refractivity contribution in [1.29, 1.82) is 0 Å². The van der Waals surface area contributed by atoms with Crippen LogP contribution >= 0.6 is 0 Å². The molecule has 0 saturated carbocycles. The number of alkyl halides is 1. The molecule has 1 N–H and O–H groups in total. The minimum Gasteiger partial charge on any atom is -0.456 e. The van der Waals surface area contributed by atoms with Gasteiger partial charge in [0.15, 0.2) is 5.76 Å². The monoisotopic (exact) mass is 185 g/mol. The lowest BCUT2D eigenvalue weighted by Crippen LogP contribution is -2.24. The summed E-state index contributed by atoms with van der Waals surface area (Å²) in [7, 11) is 0. The van der Waals surface area contributed by atoms with Crippen molar-refractivity contribution in [2.75, 3.05) is 13.2 Å². The summed E-state index contributed by atoms with van der Waals surface area (Å²) in [5.41, 5.74) is 0.922. The zero-order valence-corrected chi connectivity index (χ0v) is 7.69. The summed E-state index contributed by atoms with van der Waals surface area (Å²) in [5.74, 6) is 0.586. The van der Waals surface area contributed by atoms with Crippen molar-refractivity contribution in [3.63, 3.8) is 0 Å². The van der Waals surface area contributed by atoms with E-state index in [1.165, 1.54) is 0 Å². The minimum atomic E-state index is -0.565. The first-order valence-electron chi connectivity index (χ1n) is 4.06. The van der Waals surface area contributed by atoms with Gasteiger partial charge in [-0.3, -0.25) is 4.79 Å². The summed E-state index contributed by atoms with van der Waals surface area (Å²) < 4.78 is 16.8. The number of rotatable bonds is 3.